The lowest BCUT2D eigenvalue weighted by Crippen LogP contribution is -1.90. The summed E-state index contributed by atoms with van der Waals surface area (Å²) in [4.78, 5) is 0. The largest absolute Gasteiger partial charge is 0.0842 e. The second-order valence-corrected chi connectivity index (χ2v) is 4.07. The van der Waals surface area contributed by atoms with Crippen molar-refractivity contribution in [3.8, 4) is 0 Å². The fourth-order valence-corrected chi connectivity index (χ4v) is 2.26. The van der Waals surface area contributed by atoms with Crippen LogP contribution in [0.2, 0.25) is 10.0 Å². The first-order chi connectivity index (χ1) is 6.79. The van der Waals surface area contributed by atoms with Crippen molar-refractivity contribution in [3.63, 3.8) is 0 Å². The molecule has 72 valence electrons. The van der Waals surface area contributed by atoms with E-state index < -0.39 is 0 Å². The van der Waals surface area contributed by atoms with E-state index in [2.05, 4.69) is 18.2 Å². The summed E-state index contributed by atoms with van der Waals surface area (Å²) in [5.74, 6) is 0. The van der Waals surface area contributed by atoms with Crippen LogP contribution in [-0.4, -0.2) is 0 Å². The smallest absolute Gasteiger partial charge is 0.0496 e. The van der Waals surface area contributed by atoms with Gasteiger partial charge in [-0.15, -0.1) is 0 Å². The van der Waals surface area contributed by atoms with Crippen LogP contribution in [0.3, 0.4) is 0 Å². The second kappa shape index (κ2) is 4.20. The van der Waals surface area contributed by atoms with Crippen LogP contribution in [0.4, 0.5) is 0 Å². The topological polar surface area (TPSA) is 0 Å². The van der Waals surface area contributed by atoms with Gasteiger partial charge in [-0.1, -0.05) is 47.5 Å². The van der Waals surface area contributed by atoms with Crippen molar-refractivity contribution in [1.82, 2.24) is 0 Å². The first-order valence-electron chi connectivity index (χ1n) is 4.59. The van der Waals surface area contributed by atoms with E-state index in [1.165, 1.54) is 5.57 Å². The molecule has 2 heteroatoms. The summed E-state index contributed by atoms with van der Waals surface area (Å²) in [6.45, 7) is 0. The van der Waals surface area contributed by atoms with Crippen LogP contribution in [0.25, 0.3) is 5.57 Å². The highest BCUT2D eigenvalue weighted by Gasteiger charge is 2.10. The van der Waals surface area contributed by atoms with Crippen molar-refractivity contribution >= 4 is 28.8 Å². The van der Waals surface area contributed by atoms with Gasteiger partial charge < -0.3 is 0 Å². The number of hydrogen-bond acceptors (Lipinski definition) is 0. The SMILES string of the molecule is Clc1cccc(Cl)c1C1=CC=CCC1. The molecule has 0 saturated heterocycles. The van der Waals surface area contributed by atoms with E-state index in [4.69, 9.17) is 23.2 Å². The highest BCUT2D eigenvalue weighted by Crippen LogP contribution is 2.34. The molecule has 0 bridgehead atoms. The normalized spacial score (nSPS) is 15.4. The van der Waals surface area contributed by atoms with Crippen LogP contribution in [0.5, 0.6) is 0 Å². The van der Waals surface area contributed by atoms with Crippen LogP contribution in [0, 0.1) is 0 Å². The van der Waals surface area contributed by atoms with Gasteiger partial charge in [0.15, 0.2) is 0 Å². The molecule has 1 aliphatic carbocycles. The Balaban J connectivity index is 2.50. The van der Waals surface area contributed by atoms with E-state index in [-0.39, 0.29) is 0 Å². The Morgan fingerprint density at radius 2 is 1.79 bits per heavy atom. The molecule has 0 fully saturated rings. The molecule has 1 aliphatic rings. The Bertz CT molecular complexity index is 383. The third kappa shape index (κ3) is 1.87. The van der Waals surface area contributed by atoms with Crippen LogP contribution in [-0.2, 0) is 0 Å². The fourth-order valence-electron chi connectivity index (χ4n) is 1.62. The lowest BCUT2D eigenvalue weighted by atomic mass is 9.97. The van der Waals surface area contributed by atoms with E-state index in [0.29, 0.717) is 0 Å². The zero-order chi connectivity index (χ0) is 9.97. The average molecular weight is 225 g/mol. The maximum Gasteiger partial charge on any atom is 0.0496 e. The Labute approximate surface area is 93.8 Å². The number of benzene rings is 1. The molecule has 0 aliphatic heterocycles. The molecular formula is C12H10Cl2. The summed E-state index contributed by atoms with van der Waals surface area (Å²) in [7, 11) is 0. The van der Waals surface area contributed by atoms with Gasteiger partial charge in [-0.3, -0.25) is 0 Å². The van der Waals surface area contributed by atoms with E-state index in [1.807, 2.05) is 18.2 Å². The zero-order valence-corrected chi connectivity index (χ0v) is 9.15. The molecule has 0 aromatic heterocycles. The number of allylic oxidation sites excluding steroid dienone is 4. The Morgan fingerprint density at radius 3 is 2.36 bits per heavy atom. The molecule has 0 amide bonds. The van der Waals surface area contributed by atoms with Crippen molar-refractivity contribution in [3.05, 3.63) is 52.0 Å². The van der Waals surface area contributed by atoms with Gasteiger partial charge >= 0.3 is 0 Å². The summed E-state index contributed by atoms with van der Waals surface area (Å²) >= 11 is 12.2. The predicted octanol–water partition coefficient (Wildman–Crippen LogP) is 4.73. The van der Waals surface area contributed by atoms with Crippen LogP contribution < -0.4 is 0 Å². The van der Waals surface area contributed by atoms with Crippen molar-refractivity contribution in [1.29, 1.82) is 0 Å². The maximum absolute atomic E-state index is 6.11. The highest BCUT2D eigenvalue weighted by atomic mass is 35.5. The molecule has 0 radical (unpaired) electrons. The minimum atomic E-state index is 0.735. The van der Waals surface area contributed by atoms with Gasteiger partial charge in [0.2, 0.25) is 0 Å². The molecular weight excluding hydrogens is 215 g/mol. The lowest BCUT2D eigenvalue weighted by Gasteiger charge is -2.12. The maximum atomic E-state index is 6.11. The van der Waals surface area contributed by atoms with Gasteiger partial charge in [0, 0.05) is 15.6 Å². The quantitative estimate of drug-likeness (QED) is 0.648. The number of rotatable bonds is 1. The van der Waals surface area contributed by atoms with Gasteiger partial charge in [0.1, 0.15) is 0 Å². The van der Waals surface area contributed by atoms with E-state index in [9.17, 15) is 0 Å². The van der Waals surface area contributed by atoms with E-state index in [1.54, 1.807) is 0 Å². The average Bonchev–Trinajstić information content (AvgIpc) is 2.19. The first kappa shape index (κ1) is 9.82. The molecule has 0 nitrogen and oxygen atoms in total. The van der Waals surface area contributed by atoms with Gasteiger partial charge in [0.25, 0.3) is 0 Å². The Morgan fingerprint density at radius 1 is 1.07 bits per heavy atom. The van der Waals surface area contributed by atoms with Gasteiger partial charge in [-0.2, -0.15) is 0 Å². The summed E-state index contributed by atoms with van der Waals surface area (Å²) in [5.41, 5.74) is 2.21. The standard InChI is InChI=1S/C12H10Cl2/c13-10-7-4-8-11(14)12(10)9-5-2-1-3-6-9/h1-2,4-5,7-8H,3,6H2. The number of hydrogen-bond donors (Lipinski definition) is 0. The predicted molar refractivity (Wildman–Crippen MR) is 62.8 cm³/mol. The third-order valence-corrected chi connectivity index (χ3v) is 2.93. The summed E-state index contributed by atoms with van der Waals surface area (Å²) in [5, 5.41) is 1.47. The van der Waals surface area contributed by atoms with Crippen LogP contribution in [0.1, 0.15) is 18.4 Å². The molecule has 0 atom stereocenters. The molecule has 0 saturated carbocycles. The molecule has 0 heterocycles. The van der Waals surface area contributed by atoms with Crippen molar-refractivity contribution in [2.24, 2.45) is 0 Å². The molecule has 2 rings (SSSR count). The summed E-state index contributed by atoms with van der Waals surface area (Å²) < 4.78 is 0. The monoisotopic (exact) mass is 224 g/mol. The highest BCUT2D eigenvalue weighted by molar-refractivity contribution is 6.37. The molecule has 14 heavy (non-hydrogen) atoms. The zero-order valence-electron chi connectivity index (χ0n) is 7.63. The van der Waals surface area contributed by atoms with Gasteiger partial charge in [0.05, 0.1) is 0 Å². The van der Waals surface area contributed by atoms with Crippen LogP contribution >= 0.6 is 23.2 Å². The Kier molecular flexibility index (Phi) is 2.95. The first-order valence-corrected chi connectivity index (χ1v) is 5.35. The Hall–Kier alpha value is -0.720. The molecule has 1 aromatic carbocycles. The molecule has 1 aromatic rings. The number of halogens is 2. The summed E-state index contributed by atoms with van der Waals surface area (Å²) in [6.07, 6.45) is 8.36. The minimum absolute atomic E-state index is 0.735. The van der Waals surface area contributed by atoms with Crippen LogP contribution in [0.15, 0.2) is 36.4 Å². The minimum Gasteiger partial charge on any atom is -0.0842 e. The molecule has 0 unspecified atom stereocenters. The van der Waals surface area contributed by atoms with E-state index in [0.717, 1.165) is 28.5 Å². The second-order valence-electron chi connectivity index (χ2n) is 3.26. The van der Waals surface area contributed by atoms with Gasteiger partial charge in [-0.25, -0.2) is 0 Å². The van der Waals surface area contributed by atoms with Crippen molar-refractivity contribution < 1.29 is 0 Å². The lowest BCUT2D eigenvalue weighted by molar-refractivity contribution is 1.05. The summed E-state index contributed by atoms with van der Waals surface area (Å²) in [6, 6.07) is 5.62. The van der Waals surface area contributed by atoms with Crippen molar-refractivity contribution in [2.75, 3.05) is 0 Å². The third-order valence-electron chi connectivity index (χ3n) is 2.30. The van der Waals surface area contributed by atoms with E-state index >= 15 is 0 Å². The fraction of sp³-hybridized carbons (Fsp3) is 0.167. The van der Waals surface area contributed by atoms with Crippen molar-refractivity contribution in [2.45, 2.75) is 12.8 Å². The molecule has 0 spiro atoms. The molecule has 0 N–H and O–H groups in total. The van der Waals surface area contributed by atoms with Gasteiger partial charge in [-0.05, 0) is 30.5 Å².